The van der Waals surface area contributed by atoms with E-state index in [1.807, 2.05) is 42.5 Å². The van der Waals surface area contributed by atoms with Crippen LogP contribution in [0.5, 0.6) is 0 Å². The summed E-state index contributed by atoms with van der Waals surface area (Å²) in [6.45, 7) is 1.86. The number of hydrogen-bond acceptors (Lipinski definition) is 5. The van der Waals surface area contributed by atoms with E-state index in [9.17, 15) is 9.18 Å². The van der Waals surface area contributed by atoms with Crippen molar-refractivity contribution in [3.8, 4) is 33.6 Å². The molecule has 0 spiro atoms. The Morgan fingerprint density at radius 1 is 0.951 bits per heavy atom. The monoisotopic (exact) mass is 545 g/mol. The van der Waals surface area contributed by atoms with Gasteiger partial charge < -0.3 is 15.2 Å². The van der Waals surface area contributed by atoms with Crippen LogP contribution in [0.1, 0.15) is 12.8 Å². The lowest BCUT2D eigenvalue weighted by Crippen LogP contribution is -2.35. The maximum absolute atomic E-state index is 14.0. The van der Waals surface area contributed by atoms with Crippen molar-refractivity contribution in [1.82, 2.24) is 30.0 Å². The maximum Gasteiger partial charge on any atom is 0.227 e. The van der Waals surface area contributed by atoms with Gasteiger partial charge in [-0.2, -0.15) is 5.10 Å². The van der Waals surface area contributed by atoms with Gasteiger partial charge in [-0.05, 0) is 80.5 Å². The molecule has 1 amide bonds. The molecular formula is C32H28FN7O. The number of pyridine rings is 2. The Kier molecular flexibility index (Phi) is 6.28. The Hall–Kier alpha value is -4.89. The van der Waals surface area contributed by atoms with E-state index in [0.717, 1.165) is 75.9 Å². The lowest BCUT2D eigenvalue weighted by Gasteiger charge is -2.28. The number of nitrogens with one attached hydrogen (secondary N) is 3. The maximum atomic E-state index is 14.0. The lowest BCUT2D eigenvalue weighted by atomic mass is 9.96. The second-order valence-electron chi connectivity index (χ2n) is 10.7. The van der Waals surface area contributed by atoms with E-state index in [0.29, 0.717) is 11.3 Å². The highest BCUT2D eigenvalue weighted by Gasteiger charge is 2.23. The van der Waals surface area contributed by atoms with E-state index in [-0.39, 0.29) is 17.6 Å². The zero-order valence-electron chi connectivity index (χ0n) is 22.5. The first kappa shape index (κ1) is 25.1. The summed E-state index contributed by atoms with van der Waals surface area (Å²) in [6, 6.07) is 18.5. The minimum absolute atomic E-state index is 0.0131. The van der Waals surface area contributed by atoms with Crippen LogP contribution in [0.2, 0.25) is 0 Å². The quantitative estimate of drug-likeness (QED) is 0.238. The number of aromatic amines is 2. The predicted octanol–water partition coefficient (Wildman–Crippen LogP) is 6.25. The van der Waals surface area contributed by atoms with Gasteiger partial charge in [0.2, 0.25) is 5.91 Å². The van der Waals surface area contributed by atoms with Crippen molar-refractivity contribution in [2.24, 2.45) is 5.92 Å². The Labute approximate surface area is 235 Å². The minimum atomic E-state index is -0.271. The van der Waals surface area contributed by atoms with Crippen LogP contribution in [0, 0.1) is 11.7 Å². The van der Waals surface area contributed by atoms with Crippen molar-refractivity contribution in [1.29, 1.82) is 0 Å². The molecule has 1 saturated heterocycles. The molecule has 3 N–H and O–H groups in total. The Balaban J connectivity index is 1.21. The van der Waals surface area contributed by atoms with Gasteiger partial charge in [0.15, 0.2) is 5.65 Å². The van der Waals surface area contributed by atoms with E-state index in [1.165, 1.54) is 6.07 Å². The number of piperidine rings is 1. The number of carbonyl (C=O) groups is 1. The van der Waals surface area contributed by atoms with Gasteiger partial charge in [-0.25, -0.2) is 9.37 Å². The molecule has 9 heteroatoms. The molecule has 0 saturated carbocycles. The van der Waals surface area contributed by atoms with Gasteiger partial charge in [-0.15, -0.1) is 0 Å². The second-order valence-corrected chi connectivity index (χ2v) is 10.7. The van der Waals surface area contributed by atoms with Gasteiger partial charge in [0.25, 0.3) is 0 Å². The van der Waals surface area contributed by atoms with Crippen LogP contribution >= 0.6 is 0 Å². The summed E-state index contributed by atoms with van der Waals surface area (Å²) < 4.78 is 14.0. The molecule has 0 aliphatic carbocycles. The number of fused-ring (bicyclic) bond motifs is 2. The highest BCUT2D eigenvalue weighted by Crippen LogP contribution is 2.35. The molecule has 8 nitrogen and oxygen atoms in total. The van der Waals surface area contributed by atoms with Gasteiger partial charge in [0.05, 0.1) is 17.6 Å². The summed E-state index contributed by atoms with van der Waals surface area (Å²) in [4.78, 5) is 27.6. The van der Waals surface area contributed by atoms with Crippen LogP contribution in [0.4, 0.5) is 10.1 Å². The van der Waals surface area contributed by atoms with Gasteiger partial charge >= 0.3 is 0 Å². The van der Waals surface area contributed by atoms with Crippen molar-refractivity contribution in [2.45, 2.75) is 12.8 Å². The largest absolute Gasteiger partial charge is 0.353 e. The summed E-state index contributed by atoms with van der Waals surface area (Å²) in [5.74, 6) is -0.217. The number of benzene rings is 2. The molecular weight excluding hydrogens is 517 g/mol. The molecule has 204 valence electrons. The molecule has 0 radical (unpaired) electrons. The lowest BCUT2D eigenvalue weighted by molar-refractivity contribution is -0.121. The first-order valence-corrected chi connectivity index (χ1v) is 13.7. The Bertz CT molecular complexity index is 1900. The molecule has 7 rings (SSSR count). The second kappa shape index (κ2) is 10.3. The molecule has 4 aromatic heterocycles. The summed E-state index contributed by atoms with van der Waals surface area (Å²) in [6.07, 6.45) is 6.93. The predicted molar refractivity (Wildman–Crippen MR) is 159 cm³/mol. The van der Waals surface area contributed by atoms with Crippen LogP contribution in [-0.2, 0) is 4.79 Å². The Morgan fingerprint density at radius 2 is 1.78 bits per heavy atom. The van der Waals surface area contributed by atoms with Crippen LogP contribution in [0.3, 0.4) is 0 Å². The van der Waals surface area contributed by atoms with Gasteiger partial charge in [-0.3, -0.25) is 14.9 Å². The smallest absolute Gasteiger partial charge is 0.227 e. The number of halogens is 1. The molecule has 2 aromatic carbocycles. The van der Waals surface area contributed by atoms with Crippen molar-refractivity contribution in [3.05, 3.63) is 85.1 Å². The molecule has 41 heavy (non-hydrogen) atoms. The van der Waals surface area contributed by atoms with Gasteiger partial charge in [0.1, 0.15) is 11.5 Å². The first-order chi connectivity index (χ1) is 20.0. The minimum Gasteiger partial charge on any atom is -0.353 e. The average Bonchev–Trinajstić information content (AvgIpc) is 3.61. The number of anilines is 1. The molecule has 0 atom stereocenters. The zero-order valence-corrected chi connectivity index (χ0v) is 22.5. The van der Waals surface area contributed by atoms with E-state index < -0.39 is 0 Å². The van der Waals surface area contributed by atoms with Crippen molar-refractivity contribution < 1.29 is 9.18 Å². The van der Waals surface area contributed by atoms with E-state index in [1.54, 1.807) is 30.7 Å². The molecule has 6 aromatic rings. The number of aromatic nitrogens is 5. The normalized spacial score (nSPS) is 14.6. The third kappa shape index (κ3) is 4.85. The molecule has 5 heterocycles. The highest BCUT2D eigenvalue weighted by atomic mass is 19.1. The SMILES string of the molecule is CN1CCC(C(=O)Nc2cncc(-c3cnc4[nH]nc(-c5cc6c(-c7cccc(F)c7)cccc6[nH]5)c4c3)c2)CC1. The number of H-pyrrole nitrogens is 2. The average molecular weight is 546 g/mol. The molecule has 0 unspecified atom stereocenters. The molecule has 0 bridgehead atoms. The first-order valence-electron chi connectivity index (χ1n) is 13.7. The third-order valence-corrected chi connectivity index (χ3v) is 7.90. The van der Waals surface area contributed by atoms with Crippen LogP contribution in [0.25, 0.3) is 55.6 Å². The number of rotatable bonds is 5. The standard InChI is InChI=1S/C32H28FN7O/c1-40-10-8-19(9-11-40)32(41)36-24-13-21(16-34-18-24)22-14-27-30(38-39-31(27)35-17-22)29-15-26-25(6-3-7-28(26)37-29)20-4-2-5-23(33)12-20/h2-7,12-19,37H,8-11H2,1H3,(H,36,41)(H,35,38,39). The van der Waals surface area contributed by atoms with E-state index >= 15 is 0 Å². The highest BCUT2D eigenvalue weighted by molar-refractivity contribution is 6.01. The molecule has 1 aliphatic rings. The number of hydrogen-bond donors (Lipinski definition) is 3. The number of likely N-dealkylation sites (tertiary alicyclic amines) is 1. The summed E-state index contributed by atoms with van der Waals surface area (Å²) >= 11 is 0. The van der Waals surface area contributed by atoms with Crippen LogP contribution in [-0.4, -0.2) is 56.1 Å². The van der Waals surface area contributed by atoms with E-state index in [4.69, 9.17) is 0 Å². The molecule has 1 fully saturated rings. The fourth-order valence-corrected chi connectivity index (χ4v) is 5.64. The summed E-state index contributed by atoms with van der Waals surface area (Å²) in [7, 11) is 2.08. The number of amides is 1. The topological polar surface area (TPSA) is 103 Å². The van der Waals surface area contributed by atoms with Crippen molar-refractivity contribution >= 4 is 33.5 Å². The van der Waals surface area contributed by atoms with Crippen LogP contribution < -0.4 is 5.32 Å². The zero-order chi connectivity index (χ0) is 27.9. The number of nitrogens with zero attached hydrogens (tertiary/aromatic N) is 4. The van der Waals surface area contributed by atoms with Crippen LogP contribution in [0.15, 0.2) is 79.3 Å². The van der Waals surface area contributed by atoms with Crippen molar-refractivity contribution in [3.63, 3.8) is 0 Å². The Morgan fingerprint density at radius 3 is 2.63 bits per heavy atom. The summed E-state index contributed by atoms with van der Waals surface area (Å²) in [5.41, 5.74) is 7.27. The van der Waals surface area contributed by atoms with Crippen molar-refractivity contribution in [2.75, 3.05) is 25.5 Å². The van der Waals surface area contributed by atoms with Gasteiger partial charge in [-0.1, -0.05) is 24.3 Å². The third-order valence-electron chi connectivity index (χ3n) is 7.90. The fourth-order valence-electron chi connectivity index (χ4n) is 5.64. The van der Waals surface area contributed by atoms with Gasteiger partial charge in [0, 0.05) is 45.7 Å². The fraction of sp³-hybridized carbons (Fsp3) is 0.188. The summed E-state index contributed by atoms with van der Waals surface area (Å²) in [5, 5.41) is 12.5. The number of carbonyl (C=O) groups excluding carboxylic acids is 1. The molecule has 1 aliphatic heterocycles. The van der Waals surface area contributed by atoms with E-state index in [2.05, 4.69) is 42.4 Å².